The monoisotopic (exact) mass is 287 g/mol. The van der Waals surface area contributed by atoms with Gasteiger partial charge in [0.15, 0.2) is 0 Å². The third kappa shape index (κ3) is 3.61. The van der Waals surface area contributed by atoms with E-state index in [1.807, 2.05) is 0 Å². The van der Waals surface area contributed by atoms with Crippen molar-refractivity contribution < 1.29 is 29.3 Å². The summed E-state index contributed by atoms with van der Waals surface area (Å²) >= 11 is 0. The molecule has 0 radical (unpaired) electrons. The standard InChI is InChI=1S/C13H21NO6/c1-12(2,3)20-11(19)14-8(9(15)16)13(10(17)18)6-4-5-7-13/h8H,4-7H2,1-3H3,(H,14,19)(H,15,16)(H,17,18)/t8-/m1/s1. The van der Waals surface area contributed by atoms with E-state index in [-0.39, 0.29) is 12.8 Å². The van der Waals surface area contributed by atoms with Gasteiger partial charge in [0.2, 0.25) is 0 Å². The van der Waals surface area contributed by atoms with Crippen molar-refractivity contribution in [2.24, 2.45) is 5.41 Å². The first-order valence-electron chi connectivity index (χ1n) is 6.54. The molecule has 7 nitrogen and oxygen atoms in total. The lowest BCUT2D eigenvalue weighted by molar-refractivity contribution is -0.158. The van der Waals surface area contributed by atoms with Gasteiger partial charge >= 0.3 is 18.0 Å². The van der Waals surface area contributed by atoms with Gasteiger partial charge in [-0.05, 0) is 33.6 Å². The third-order valence-corrected chi connectivity index (χ3v) is 3.38. The van der Waals surface area contributed by atoms with E-state index in [0.717, 1.165) is 0 Å². The van der Waals surface area contributed by atoms with Gasteiger partial charge in [-0.1, -0.05) is 12.8 Å². The maximum atomic E-state index is 11.7. The van der Waals surface area contributed by atoms with Crippen molar-refractivity contribution in [3.63, 3.8) is 0 Å². The van der Waals surface area contributed by atoms with E-state index in [0.29, 0.717) is 12.8 Å². The number of nitrogens with one attached hydrogen (secondary N) is 1. The number of ether oxygens (including phenoxy) is 1. The minimum atomic E-state index is -1.49. The van der Waals surface area contributed by atoms with Crippen LogP contribution in [0.4, 0.5) is 4.79 Å². The van der Waals surface area contributed by atoms with Gasteiger partial charge in [0.05, 0.1) is 5.41 Å². The average Bonchev–Trinajstić information content (AvgIpc) is 2.72. The lowest BCUT2D eigenvalue weighted by atomic mass is 9.78. The molecular formula is C13H21NO6. The molecule has 0 aromatic rings. The van der Waals surface area contributed by atoms with Crippen molar-refractivity contribution in [1.29, 1.82) is 0 Å². The molecule has 0 aliphatic heterocycles. The normalized spacial score (nSPS) is 19.1. The highest BCUT2D eigenvalue weighted by Gasteiger charge is 2.52. The molecule has 1 atom stereocenters. The van der Waals surface area contributed by atoms with E-state index in [1.165, 1.54) is 0 Å². The summed E-state index contributed by atoms with van der Waals surface area (Å²) in [6, 6.07) is -1.49. The molecule has 1 saturated carbocycles. The number of rotatable bonds is 4. The Balaban J connectivity index is 2.92. The van der Waals surface area contributed by atoms with Gasteiger partial charge in [0.25, 0.3) is 0 Å². The number of carboxylic acids is 2. The van der Waals surface area contributed by atoms with Gasteiger partial charge in [-0.2, -0.15) is 0 Å². The van der Waals surface area contributed by atoms with E-state index >= 15 is 0 Å². The number of carboxylic acid groups (broad SMARTS) is 2. The number of amides is 1. The molecule has 20 heavy (non-hydrogen) atoms. The number of alkyl carbamates (subject to hydrolysis) is 1. The number of hydrogen-bond acceptors (Lipinski definition) is 4. The molecule has 1 rings (SSSR count). The smallest absolute Gasteiger partial charge is 0.408 e. The number of hydrogen-bond donors (Lipinski definition) is 3. The molecule has 0 heterocycles. The molecule has 3 N–H and O–H groups in total. The average molecular weight is 287 g/mol. The first-order valence-corrected chi connectivity index (χ1v) is 6.54. The number of aliphatic carboxylic acids is 2. The van der Waals surface area contributed by atoms with Gasteiger partial charge in [-0.25, -0.2) is 9.59 Å². The van der Waals surface area contributed by atoms with E-state index < -0.39 is 35.1 Å². The highest BCUT2D eigenvalue weighted by atomic mass is 16.6. The summed E-state index contributed by atoms with van der Waals surface area (Å²) in [4.78, 5) is 34.5. The molecule has 0 spiro atoms. The Bertz CT molecular complexity index is 406. The fraction of sp³-hybridized carbons (Fsp3) is 0.769. The van der Waals surface area contributed by atoms with Crippen molar-refractivity contribution in [3.05, 3.63) is 0 Å². The Kier molecular flexibility index (Phi) is 4.62. The maximum absolute atomic E-state index is 11.7. The van der Waals surface area contributed by atoms with Crippen LogP contribution in [0.5, 0.6) is 0 Å². The lowest BCUT2D eigenvalue weighted by Crippen LogP contribution is -2.55. The summed E-state index contributed by atoms with van der Waals surface area (Å²) < 4.78 is 5.00. The fourth-order valence-electron chi connectivity index (χ4n) is 2.49. The lowest BCUT2D eigenvalue weighted by Gasteiger charge is -2.31. The predicted molar refractivity (Wildman–Crippen MR) is 69.3 cm³/mol. The summed E-state index contributed by atoms with van der Waals surface area (Å²) in [5, 5.41) is 20.8. The molecule has 0 unspecified atom stereocenters. The van der Waals surface area contributed by atoms with Crippen LogP contribution in [-0.4, -0.2) is 39.9 Å². The quantitative estimate of drug-likeness (QED) is 0.724. The Morgan fingerprint density at radius 3 is 2.00 bits per heavy atom. The summed E-state index contributed by atoms with van der Waals surface area (Å²) in [7, 11) is 0. The Labute approximate surface area is 117 Å². The van der Waals surface area contributed by atoms with Crippen LogP contribution in [0.25, 0.3) is 0 Å². The van der Waals surface area contributed by atoms with Crippen molar-refractivity contribution in [3.8, 4) is 0 Å². The summed E-state index contributed by atoms with van der Waals surface area (Å²) in [6.45, 7) is 4.93. The molecule has 0 aromatic heterocycles. The fourth-order valence-corrected chi connectivity index (χ4v) is 2.49. The second kappa shape index (κ2) is 5.68. The second-order valence-electron chi connectivity index (χ2n) is 6.09. The summed E-state index contributed by atoms with van der Waals surface area (Å²) in [5.74, 6) is -2.56. The molecule has 0 saturated heterocycles. The van der Waals surface area contributed by atoms with Crippen LogP contribution in [0.3, 0.4) is 0 Å². The van der Waals surface area contributed by atoms with Crippen molar-refractivity contribution in [2.75, 3.05) is 0 Å². The van der Waals surface area contributed by atoms with Crippen molar-refractivity contribution in [1.82, 2.24) is 5.32 Å². The van der Waals surface area contributed by atoms with Crippen LogP contribution >= 0.6 is 0 Å². The van der Waals surface area contributed by atoms with E-state index in [2.05, 4.69) is 5.32 Å². The zero-order valence-corrected chi connectivity index (χ0v) is 11.9. The highest BCUT2D eigenvalue weighted by molar-refractivity contribution is 5.89. The zero-order valence-electron chi connectivity index (χ0n) is 11.9. The third-order valence-electron chi connectivity index (χ3n) is 3.38. The molecular weight excluding hydrogens is 266 g/mol. The van der Waals surface area contributed by atoms with Crippen LogP contribution in [0.2, 0.25) is 0 Å². The van der Waals surface area contributed by atoms with E-state index in [4.69, 9.17) is 4.74 Å². The Morgan fingerprint density at radius 1 is 1.15 bits per heavy atom. The van der Waals surface area contributed by atoms with Crippen molar-refractivity contribution in [2.45, 2.75) is 58.1 Å². The number of carbonyl (C=O) groups is 3. The molecule has 114 valence electrons. The summed E-state index contributed by atoms with van der Waals surface area (Å²) in [6.07, 6.45) is 0.806. The first kappa shape index (κ1) is 16.3. The van der Waals surface area contributed by atoms with Gasteiger partial charge in [0.1, 0.15) is 11.6 Å². The Hall–Kier alpha value is -1.79. The van der Waals surface area contributed by atoms with Crippen LogP contribution in [0.1, 0.15) is 46.5 Å². The van der Waals surface area contributed by atoms with Crippen LogP contribution in [-0.2, 0) is 14.3 Å². The van der Waals surface area contributed by atoms with Crippen LogP contribution in [0.15, 0.2) is 0 Å². The van der Waals surface area contributed by atoms with Gasteiger partial charge in [0, 0.05) is 0 Å². The second-order valence-corrected chi connectivity index (χ2v) is 6.09. The minimum Gasteiger partial charge on any atom is -0.481 e. The van der Waals surface area contributed by atoms with Crippen molar-refractivity contribution >= 4 is 18.0 Å². The highest BCUT2D eigenvalue weighted by Crippen LogP contribution is 2.41. The Morgan fingerprint density at radius 2 is 1.65 bits per heavy atom. The topological polar surface area (TPSA) is 113 Å². The molecule has 0 aromatic carbocycles. The zero-order chi connectivity index (χ0) is 15.6. The minimum absolute atomic E-state index is 0.231. The molecule has 1 fully saturated rings. The molecule has 1 aliphatic rings. The molecule has 1 amide bonds. The predicted octanol–water partition coefficient (Wildman–Crippen LogP) is 1.61. The molecule has 7 heteroatoms. The molecule has 1 aliphatic carbocycles. The summed E-state index contributed by atoms with van der Waals surface area (Å²) in [5.41, 5.74) is -2.23. The SMILES string of the molecule is CC(C)(C)OC(=O)N[C@H](C(=O)O)C1(C(=O)O)CCCC1. The number of carbonyl (C=O) groups excluding carboxylic acids is 1. The van der Waals surface area contributed by atoms with Crippen LogP contribution < -0.4 is 5.32 Å². The maximum Gasteiger partial charge on any atom is 0.408 e. The molecule has 0 bridgehead atoms. The largest absolute Gasteiger partial charge is 0.481 e. The van der Waals surface area contributed by atoms with E-state index in [1.54, 1.807) is 20.8 Å². The van der Waals surface area contributed by atoms with Crippen LogP contribution in [0, 0.1) is 5.41 Å². The first-order chi connectivity index (χ1) is 9.08. The van der Waals surface area contributed by atoms with Gasteiger partial charge in [-0.15, -0.1) is 0 Å². The van der Waals surface area contributed by atoms with E-state index in [9.17, 15) is 24.6 Å². The van der Waals surface area contributed by atoms with Gasteiger partial charge < -0.3 is 20.3 Å². The van der Waals surface area contributed by atoms with Gasteiger partial charge in [-0.3, -0.25) is 4.79 Å².